The van der Waals surface area contributed by atoms with Crippen molar-refractivity contribution in [1.82, 2.24) is 0 Å². The molecular weight excluding hydrogens is 320 g/mol. The fraction of sp³-hybridized carbons (Fsp3) is 0.467. The van der Waals surface area contributed by atoms with Crippen LogP contribution in [0.15, 0.2) is 22.7 Å². The van der Waals surface area contributed by atoms with E-state index in [-0.39, 0.29) is 17.9 Å². The number of ether oxygens (including phenoxy) is 1. The molecule has 0 spiro atoms. The molecular formula is C15H17BrN2O2. The zero-order chi connectivity index (χ0) is 14.5. The van der Waals surface area contributed by atoms with Crippen molar-refractivity contribution >= 4 is 27.6 Å². The number of anilines is 1. The van der Waals surface area contributed by atoms with Crippen LogP contribution in [0.25, 0.3) is 0 Å². The van der Waals surface area contributed by atoms with Crippen molar-refractivity contribution in [3.8, 4) is 6.07 Å². The van der Waals surface area contributed by atoms with E-state index in [2.05, 4.69) is 27.3 Å². The van der Waals surface area contributed by atoms with Crippen molar-refractivity contribution in [3.63, 3.8) is 0 Å². The maximum absolute atomic E-state index is 11.7. The molecule has 1 aliphatic carbocycles. The second-order valence-corrected chi connectivity index (χ2v) is 5.76. The molecule has 2 rings (SSSR count). The van der Waals surface area contributed by atoms with Crippen LogP contribution in [0.4, 0.5) is 5.69 Å². The maximum Gasteiger partial charge on any atom is 0.308 e. The topological polar surface area (TPSA) is 62.1 Å². The molecule has 1 fully saturated rings. The molecule has 0 saturated heterocycles. The Labute approximate surface area is 127 Å². The van der Waals surface area contributed by atoms with Crippen molar-refractivity contribution in [1.29, 1.82) is 5.26 Å². The lowest BCUT2D eigenvalue weighted by Crippen LogP contribution is -2.19. The molecule has 0 bridgehead atoms. The van der Waals surface area contributed by atoms with E-state index < -0.39 is 0 Å². The first kappa shape index (κ1) is 14.9. The molecule has 0 heterocycles. The summed E-state index contributed by atoms with van der Waals surface area (Å²) in [5.74, 6) is -0.0831. The minimum atomic E-state index is -0.0873. The van der Waals surface area contributed by atoms with E-state index in [1.165, 1.54) is 0 Å². The summed E-state index contributed by atoms with van der Waals surface area (Å²) < 4.78 is 5.94. The van der Waals surface area contributed by atoms with Gasteiger partial charge in [0, 0.05) is 16.2 Å². The van der Waals surface area contributed by atoms with Crippen LogP contribution >= 0.6 is 15.9 Å². The quantitative estimate of drug-likeness (QED) is 0.855. The first-order valence-corrected chi connectivity index (χ1v) is 7.56. The van der Waals surface area contributed by atoms with Crippen molar-refractivity contribution in [2.75, 3.05) is 11.9 Å². The van der Waals surface area contributed by atoms with Crippen molar-refractivity contribution in [2.24, 2.45) is 5.92 Å². The van der Waals surface area contributed by atoms with Gasteiger partial charge < -0.3 is 10.1 Å². The van der Waals surface area contributed by atoms with E-state index in [1.807, 2.05) is 13.0 Å². The van der Waals surface area contributed by atoms with Gasteiger partial charge in [0.05, 0.1) is 24.2 Å². The molecule has 20 heavy (non-hydrogen) atoms. The van der Waals surface area contributed by atoms with Gasteiger partial charge in [-0.15, -0.1) is 0 Å². The highest BCUT2D eigenvalue weighted by atomic mass is 79.9. The minimum absolute atomic E-state index is 0.00427. The molecule has 0 aromatic heterocycles. The second-order valence-electron chi connectivity index (χ2n) is 4.91. The number of carbonyl (C=O) groups excluding carboxylic acids is 1. The number of esters is 1. The third-order valence-electron chi connectivity index (χ3n) is 3.51. The van der Waals surface area contributed by atoms with Gasteiger partial charge in [-0.05, 0) is 60.3 Å². The molecule has 1 saturated carbocycles. The van der Waals surface area contributed by atoms with Crippen molar-refractivity contribution in [2.45, 2.75) is 32.2 Å². The molecule has 0 radical (unpaired) electrons. The Morgan fingerprint density at radius 1 is 1.55 bits per heavy atom. The number of carbonyl (C=O) groups is 1. The van der Waals surface area contributed by atoms with E-state index in [4.69, 9.17) is 10.00 Å². The lowest BCUT2D eigenvalue weighted by molar-refractivity contribution is -0.147. The summed E-state index contributed by atoms with van der Waals surface area (Å²) in [6, 6.07) is 7.84. The van der Waals surface area contributed by atoms with Crippen LogP contribution in [0.3, 0.4) is 0 Å². The lowest BCUT2D eigenvalue weighted by Gasteiger charge is -2.16. The monoisotopic (exact) mass is 336 g/mol. The molecule has 0 unspecified atom stereocenters. The Morgan fingerprint density at radius 3 is 3.00 bits per heavy atom. The maximum atomic E-state index is 11.7. The summed E-state index contributed by atoms with van der Waals surface area (Å²) in [7, 11) is 0. The van der Waals surface area contributed by atoms with Crippen molar-refractivity contribution < 1.29 is 9.53 Å². The normalized spacial score (nSPS) is 21.2. The number of hydrogen-bond acceptors (Lipinski definition) is 4. The van der Waals surface area contributed by atoms with Crippen LogP contribution in [0.1, 0.15) is 31.7 Å². The zero-order valence-electron chi connectivity index (χ0n) is 11.4. The summed E-state index contributed by atoms with van der Waals surface area (Å²) >= 11 is 3.46. The Hall–Kier alpha value is -1.54. The average molecular weight is 337 g/mol. The fourth-order valence-electron chi connectivity index (χ4n) is 2.51. The molecule has 1 N–H and O–H groups in total. The molecule has 1 aromatic carbocycles. The molecule has 106 valence electrons. The van der Waals surface area contributed by atoms with Gasteiger partial charge in [0.1, 0.15) is 0 Å². The van der Waals surface area contributed by atoms with Gasteiger partial charge in [0.15, 0.2) is 0 Å². The van der Waals surface area contributed by atoms with Gasteiger partial charge in [-0.25, -0.2) is 0 Å². The largest absolute Gasteiger partial charge is 0.466 e. The predicted molar refractivity (Wildman–Crippen MR) is 80.2 cm³/mol. The Bertz CT molecular complexity index is 539. The highest BCUT2D eigenvalue weighted by Gasteiger charge is 2.31. The Balaban J connectivity index is 1.95. The van der Waals surface area contributed by atoms with Gasteiger partial charge in [-0.3, -0.25) is 4.79 Å². The highest BCUT2D eigenvalue weighted by molar-refractivity contribution is 9.10. The third kappa shape index (κ3) is 3.51. The van der Waals surface area contributed by atoms with Gasteiger partial charge in [-0.1, -0.05) is 0 Å². The average Bonchev–Trinajstić information content (AvgIpc) is 2.90. The van der Waals surface area contributed by atoms with Crippen LogP contribution in [-0.4, -0.2) is 18.6 Å². The van der Waals surface area contributed by atoms with Crippen LogP contribution in [0, 0.1) is 17.2 Å². The first-order chi connectivity index (χ1) is 9.63. The van der Waals surface area contributed by atoms with Crippen molar-refractivity contribution in [3.05, 3.63) is 28.2 Å². The fourth-order valence-corrected chi connectivity index (χ4v) is 3.00. The molecule has 0 aliphatic heterocycles. The number of rotatable bonds is 4. The number of nitrogens with zero attached hydrogens (tertiary/aromatic N) is 1. The number of nitrogens with one attached hydrogen (secondary N) is 1. The predicted octanol–water partition coefficient (Wildman–Crippen LogP) is 3.46. The Morgan fingerprint density at radius 2 is 2.35 bits per heavy atom. The van der Waals surface area contributed by atoms with Gasteiger partial charge in [0.2, 0.25) is 0 Å². The molecule has 4 nitrogen and oxygen atoms in total. The standard InChI is InChI=1S/C15H17BrN2O2/c1-2-20-15(19)11-4-5-12(8-11)18-14-6-3-10(9-17)7-13(14)16/h3,6-7,11-12,18H,2,4-5,8H2,1H3/t11-,12+/m0/s1. The molecule has 5 heteroatoms. The van der Waals surface area contributed by atoms with E-state index in [1.54, 1.807) is 12.1 Å². The van der Waals surface area contributed by atoms with Crippen LogP contribution in [0.2, 0.25) is 0 Å². The van der Waals surface area contributed by atoms with E-state index in [0.29, 0.717) is 12.2 Å². The van der Waals surface area contributed by atoms with E-state index in [9.17, 15) is 4.79 Å². The highest BCUT2D eigenvalue weighted by Crippen LogP contribution is 2.31. The number of benzene rings is 1. The lowest BCUT2D eigenvalue weighted by atomic mass is 10.1. The van der Waals surface area contributed by atoms with E-state index >= 15 is 0 Å². The zero-order valence-corrected chi connectivity index (χ0v) is 12.9. The summed E-state index contributed by atoms with van der Waals surface area (Å²) in [6.45, 7) is 2.27. The van der Waals surface area contributed by atoms with Crippen LogP contribution < -0.4 is 5.32 Å². The summed E-state index contributed by atoms with van der Waals surface area (Å²) in [4.78, 5) is 11.7. The van der Waals surface area contributed by atoms with Gasteiger partial charge >= 0.3 is 5.97 Å². The number of nitriles is 1. The summed E-state index contributed by atoms with van der Waals surface area (Å²) in [6.07, 6.45) is 2.62. The molecule has 2 atom stereocenters. The third-order valence-corrected chi connectivity index (χ3v) is 4.17. The summed E-state index contributed by atoms with van der Waals surface area (Å²) in [5, 5.41) is 12.3. The van der Waals surface area contributed by atoms with Crippen LogP contribution in [-0.2, 0) is 9.53 Å². The number of hydrogen-bond donors (Lipinski definition) is 1. The SMILES string of the molecule is CCOC(=O)[C@H]1CC[C@@H](Nc2ccc(C#N)cc2Br)C1. The smallest absolute Gasteiger partial charge is 0.308 e. The number of halogens is 1. The summed E-state index contributed by atoms with van der Waals surface area (Å²) in [5.41, 5.74) is 1.58. The van der Waals surface area contributed by atoms with Crippen LogP contribution in [0.5, 0.6) is 0 Å². The molecule has 1 aliphatic rings. The van der Waals surface area contributed by atoms with Gasteiger partial charge in [-0.2, -0.15) is 5.26 Å². The molecule has 0 amide bonds. The Kier molecular flexibility index (Phi) is 5.02. The van der Waals surface area contributed by atoms with E-state index in [0.717, 1.165) is 29.4 Å². The minimum Gasteiger partial charge on any atom is -0.466 e. The molecule has 1 aromatic rings. The second kappa shape index (κ2) is 6.76. The first-order valence-electron chi connectivity index (χ1n) is 6.76. The van der Waals surface area contributed by atoms with Gasteiger partial charge in [0.25, 0.3) is 0 Å².